The smallest absolute Gasteiger partial charge is 0.338 e. The largest absolute Gasteiger partial charge is 0.497 e. The molecule has 2 atom stereocenters. The molecule has 2 aliphatic rings. The Labute approximate surface area is 188 Å². The first-order valence-electron chi connectivity index (χ1n) is 11.0. The second kappa shape index (κ2) is 9.87. The van der Waals surface area contributed by atoms with E-state index >= 15 is 0 Å². The van der Waals surface area contributed by atoms with E-state index in [4.69, 9.17) is 9.47 Å². The van der Waals surface area contributed by atoms with Crippen LogP contribution in [0.4, 0.5) is 4.79 Å². The third-order valence-corrected chi connectivity index (χ3v) is 6.02. The van der Waals surface area contributed by atoms with Gasteiger partial charge in [-0.2, -0.15) is 0 Å². The molecule has 1 fully saturated rings. The van der Waals surface area contributed by atoms with E-state index in [1.165, 1.54) is 5.56 Å². The number of nitrogens with one attached hydrogen (secondary N) is 2. The minimum atomic E-state index is -0.587. The molecule has 2 heterocycles. The molecule has 7 heteroatoms. The highest BCUT2D eigenvalue weighted by Gasteiger charge is 2.35. The van der Waals surface area contributed by atoms with E-state index in [0.29, 0.717) is 29.5 Å². The van der Waals surface area contributed by atoms with Crippen LogP contribution in [0.3, 0.4) is 0 Å². The van der Waals surface area contributed by atoms with Gasteiger partial charge in [0.1, 0.15) is 5.75 Å². The van der Waals surface area contributed by atoms with Crippen LogP contribution < -0.4 is 15.4 Å². The summed E-state index contributed by atoms with van der Waals surface area (Å²) in [5, 5.41) is 5.75. The highest BCUT2D eigenvalue weighted by Crippen LogP contribution is 2.31. The number of benzene rings is 2. The fraction of sp³-hybridized carbons (Fsp3) is 0.360. The number of rotatable bonds is 7. The minimum absolute atomic E-state index is 0.263. The lowest BCUT2D eigenvalue weighted by atomic mass is 9.95. The van der Waals surface area contributed by atoms with E-state index in [2.05, 4.69) is 39.8 Å². The molecule has 1 saturated heterocycles. The molecule has 0 aliphatic carbocycles. The molecule has 2 aliphatic heterocycles. The number of urea groups is 1. The van der Waals surface area contributed by atoms with E-state index < -0.39 is 12.0 Å². The van der Waals surface area contributed by atoms with Gasteiger partial charge in [-0.25, -0.2) is 9.59 Å². The Bertz CT molecular complexity index is 988. The number of nitrogens with zero attached hydrogens (tertiary/aromatic N) is 1. The number of ether oxygens (including phenoxy) is 2. The maximum absolute atomic E-state index is 13.0. The molecule has 7 nitrogen and oxygen atoms in total. The topological polar surface area (TPSA) is 79.9 Å². The van der Waals surface area contributed by atoms with Crippen molar-refractivity contribution in [3.63, 3.8) is 0 Å². The molecule has 0 spiro atoms. The number of hydrogen-bond donors (Lipinski definition) is 2. The first-order valence-corrected chi connectivity index (χ1v) is 11.0. The number of amides is 2. The molecule has 0 radical (unpaired) electrons. The van der Waals surface area contributed by atoms with E-state index in [-0.39, 0.29) is 12.6 Å². The second-order valence-electron chi connectivity index (χ2n) is 8.05. The van der Waals surface area contributed by atoms with Crippen LogP contribution in [0, 0.1) is 0 Å². The van der Waals surface area contributed by atoms with Gasteiger partial charge in [0.2, 0.25) is 0 Å². The van der Waals surface area contributed by atoms with Crippen molar-refractivity contribution in [3.8, 4) is 5.75 Å². The van der Waals surface area contributed by atoms with Crippen LogP contribution in [-0.2, 0) is 9.53 Å². The van der Waals surface area contributed by atoms with E-state index in [1.54, 1.807) is 14.0 Å². The van der Waals surface area contributed by atoms with Gasteiger partial charge in [-0.05, 0) is 49.1 Å². The maximum Gasteiger partial charge on any atom is 0.338 e. The van der Waals surface area contributed by atoms with E-state index in [9.17, 15) is 9.59 Å². The van der Waals surface area contributed by atoms with Crippen molar-refractivity contribution in [2.24, 2.45) is 0 Å². The molecule has 4 rings (SSSR count). The fourth-order valence-electron chi connectivity index (χ4n) is 4.44. The molecule has 2 aromatic carbocycles. The van der Waals surface area contributed by atoms with Crippen molar-refractivity contribution in [2.75, 3.05) is 33.4 Å². The second-order valence-corrected chi connectivity index (χ2v) is 8.05. The Morgan fingerprint density at radius 1 is 1.09 bits per heavy atom. The van der Waals surface area contributed by atoms with Crippen molar-refractivity contribution >= 4 is 12.0 Å². The van der Waals surface area contributed by atoms with Crippen LogP contribution in [0.5, 0.6) is 5.75 Å². The molecule has 0 bridgehead atoms. The first-order chi connectivity index (χ1) is 15.6. The molecular weight excluding hydrogens is 406 g/mol. The third-order valence-electron chi connectivity index (χ3n) is 6.02. The molecule has 2 N–H and O–H groups in total. The van der Waals surface area contributed by atoms with Gasteiger partial charge < -0.3 is 20.1 Å². The maximum atomic E-state index is 13.0. The fourth-order valence-corrected chi connectivity index (χ4v) is 4.44. The van der Waals surface area contributed by atoms with Crippen LogP contribution in [0.15, 0.2) is 65.9 Å². The molecule has 0 saturated carbocycles. The SMILES string of the molecule is CCOC(=O)C1=C(CN2CC[C@@H](c3ccccc3)C2)NC(=O)N[C@@H]1c1ccc(OC)cc1. The summed E-state index contributed by atoms with van der Waals surface area (Å²) in [6, 6.07) is 16.9. The number of carbonyl (C=O) groups excluding carboxylic acids is 2. The summed E-state index contributed by atoms with van der Waals surface area (Å²) in [6.07, 6.45) is 1.04. The minimum Gasteiger partial charge on any atom is -0.497 e. The molecule has 0 unspecified atom stereocenters. The summed E-state index contributed by atoms with van der Waals surface area (Å²) in [7, 11) is 1.60. The summed E-state index contributed by atoms with van der Waals surface area (Å²) >= 11 is 0. The summed E-state index contributed by atoms with van der Waals surface area (Å²) in [4.78, 5) is 27.8. The highest BCUT2D eigenvalue weighted by atomic mass is 16.5. The van der Waals surface area contributed by atoms with Crippen molar-refractivity contribution in [3.05, 3.63) is 77.0 Å². The molecular formula is C25H29N3O4. The Morgan fingerprint density at radius 3 is 2.53 bits per heavy atom. The number of carbonyl (C=O) groups is 2. The van der Waals surface area contributed by atoms with Gasteiger partial charge in [0.05, 0.1) is 25.3 Å². The average molecular weight is 436 g/mol. The lowest BCUT2D eigenvalue weighted by Gasteiger charge is -2.31. The van der Waals surface area contributed by atoms with Crippen LogP contribution >= 0.6 is 0 Å². The zero-order valence-corrected chi connectivity index (χ0v) is 18.5. The average Bonchev–Trinajstić information content (AvgIpc) is 3.28. The lowest BCUT2D eigenvalue weighted by Crippen LogP contribution is -2.48. The first kappa shape index (κ1) is 21.9. The van der Waals surface area contributed by atoms with E-state index in [1.807, 2.05) is 30.3 Å². The van der Waals surface area contributed by atoms with E-state index in [0.717, 1.165) is 25.1 Å². The van der Waals surface area contributed by atoms with Crippen molar-refractivity contribution < 1.29 is 19.1 Å². The summed E-state index contributed by atoms with van der Waals surface area (Å²) < 4.78 is 10.6. The van der Waals surface area contributed by atoms with Gasteiger partial charge in [0, 0.05) is 18.8 Å². The van der Waals surface area contributed by atoms with Crippen LogP contribution in [0.25, 0.3) is 0 Å². The van der Waals surface area contributed by atoms with Gasteiger partial charge in [-0.3, -0.25) is 4.90 Å². The Morgan fingerprint density at radius 2 is 1.84 bits per heavy atom. The van der Waals surface area contributed by atoms with Crippen molar-refractivity contribution in [1.82, 2.24) is 15.5 Å². The van der Waals surface area contributed by atoms with Gasteiger partial charge in [0.15, 0.2) is 0 Å². The van der Waals surface area contributed by atoms with Gasteiger partial charge in [0.25, 0.3) is 0 Å². The highest BCUT2D eigenvalue weighted by molar-refractivity contribution is 5.95. The number of likely N-dealkylation sites (tertiary alicyclic amines) is 1. The summed E-state index contributed by atoms with van der Waals surface area (Å²) in [6.45, 7) is 4.30. The van der Waals surface area contributed by atoms with Gasteiger partial charge in [-0.15, -0.1) is 0 Å². The zero-order valence-electron chi connectivity index (χ0n) is 18.5. The number of hydrogen-bond acceptors (Lipinski definition) is 5. The predicted molar refractivity (Wildman–Crippen MR) is 121 cm³/mol. The molecule has 2 amide bonds. The predicted octanol–water partition coefficient (Wildman–Crippen LogP) is 3.36. The normalized spacial score (nSPS) is 21.1. The van der Waals surface area contributed by atoms with Gasteiger partial charge in [-0.1, -0.05) is 42.5 Å². The van der Waals surface area contributed by atoms with Crippen molar-refractivity contribution in [2.45, 2.75) is 25.3 Å². The standard InChI is InChI=1S/C25H29N3O4/c1-3-32-24(29)22-21(16-28-14-13-19(15-28)17-7-5-4-6-8-17)26-25(30)27-23(22)18-9-11-20(31-2)12-10-18/h4-12,19,23H,3,13-16H2,1-2H3,(H2,26,27,30)/t19-,23-/m1/s1. The number of esters is 1. The molecule has 0 aromatic heterocycles. The zero-order chi connectivity index (χ0) is 22.5. The Hall–Kier alpha value is -3.32. The quantitative estimate of drug-likeness (QED) is 0.652. The lowest BCUT2D eigenvalue weighted by molar-refractivity contribution is -0.139. The molecule has 168 valence electrons. The van der Waals surface area contributed by atoms with Crippen molar-refractivity contribution in [1.29, 1.82) is 0 Å². The summed E-state index contributed by atoms with van der Waals surface area (Å²) in [5.74, 6) is 0.729. The number of methoxy groups -OCH3 is 1. The third kappa shape index (κ3) is 4.78. The molecule has 32 heavy (non-hydrogen) atoms. The monoisotopic (exact) mass is 435 g/mol. The van der Waals surface area contributed by atoms with Crippen LogP contribution in [0.1, 0.15) is 36.4 Å². The summed E-state index contributed by atoms with van der Waals surface area (Å²) in [5.41, 5.74) is 3.16. The van der Waals surface area contributed by atoms with Crippen LogP contribution in [0.2, 0.25) is 0 Å². The Kier molecular flexibility index (Phi) is 6.75. The molecule has 2 aromatic rings. The van der Waals surface area contributed by atoms with Crippen LogP contribution in [-0.4, -0.2) is 50.3 Å². The van der Waals surface area contributed by atoms with Gasteiger partial charge >= 0.3 is 12.0 Å². The Balaban J connectivity index is 1.61.